The van der Waals surface area contributed by atoms with E-state index in [1.807, 2.05) is 67.8 Å². The van der Waals surface area contributed by atoms with Crippen LogP contribution in [0, 0.1) is 20.8 Å². The molecule has 1 fully saturated rings. The number of anilines is 1. The van der Waals surface area contributed by atoms with E-state index in [-0.39, 0.29) is 11.5 Å². The predicted octanol–water partition coefficient (Wildman–Crippen LogP) is 4.52. The first-order valence-electron chi connectivity index (χ1n) is 10.2. The summed E-state index contributed by atoms with van der Waals surface area (Å²) in [6, 6.07) is 11.4. The van der Waals surface area contributed by atoms with Gasteiger partial charge < -0.3 is 14.6 Å². The zero-order valence-corrected chi connectivity index (χ0v) is 18.4. The van der Waals surface area contributed by atoms with Crippen LogP contribution >= 0.6 is 11.8 Å². The van der Waals surface area contributed by atoms with E-state index in [0.717, 1.165) is 57.9 Å². The number of fused-ring (bicyclic) bond motifs is 1. The summed E-state index contributed by atoms with van der Waals surface area (Å²) in [4.78, 5) is 26.9. The minimum Gasteiger partial charge on any atom is -0.422 e. The van der Waals surface area contributed by atoms with Gasteiger partial charge in [-0.05, 0) is 55.2 Å². The number of hydrogen-bond donors (Lipinski definition) is 1. The van der Waals surface area contributed by atoms with Gasteiger partial charge >= 0.3 is 5.63 Å². The first-order chi connectivity index (χ1) is 14.4. The molecule has 0 spiro atoms. The molecule has 6 heteroatoms. The van der Waals surface area contributed by atoms with E-state index in [9.17, 15) is 9.59 Å². The summed E-state index contributed by atoms with van der Waals surface area (Å²) in [6.45, 7) is 8.06. The lowest BCUT2D eigenvalue weighted by atomic mass is 10.0. The van der Waals surface area contributed by atoms with Crippen LogP contribution in [0.2, 0.25) is 0 Å². The average Bonchev–Trinajstić information content (AvgIpc) is 2.76. The number of amides is 1. The standard InChI is InChI=1S/C24H26N2O3S/c1-15-5-7-20-19(13-22(27)29-23(20)17(15)3)14-25-21-12-18(6-4-16(21)2)24(28)26-8-10-30-11-9-26/h4-7,12-13,25H,8-11,14H2,1-3H3. The van der Waals surface area contributed by atoms with Gasteiger partial charge in [-0.15, -0.1) is 0 Å². The van der Waals surface area contributed by atoms with Crippen molar-refractivity contribution < 1.29 is 9.21 Å². The minimum atomic E-state index is -0.350. The third-order valence-corrected chi connectivity index (χ3v) is 6.71. The Kier molecular flexibility index (Phi) is 5.86. The summed E-state index contributed by atoms with van der Waals surface area (Å²) >= 11 is 1.89. The van der Waals surface area contributed by atoms with E-state index in [1.165, 1.54) is 0 Å². The molecule has 2 aromatic carbocycles. The molecule has 3 aromatic rings. The Hall–Kier alpha value is -2.73. The van der Waals surface area contributed by atoms with Crippen LogP contribution in [0.5, 0.6) is 0 Å². The highest BCUT2D eigenvalue weighted by Crippen LogP contribution is 2.25. The fourth-order valence-electron chi connectivity index (χ4n) is 3.76. The lowest BCUT2D eigenvalue weighted by Crippen LogP contribution is -2.37. The molecule has 0 saturated carbocycles. The van der Waals surface area contributed by atoms with Crippen LogP contribution in [-0.2, 0) is 6.54 Å². The molecule has 0 bridgehead atoms. The van der Waals surface area contributed by atoms with Crippen LogP contribution in [0.25, 0.3) is 11.0 Å². The Morgan fingerprint density at radius 3 is 2.57 bits per heavy atom. The smallest absolute Gasteiger partial charge is 0.336 e. The molecule has 30 heavy (non-hydrogen) atoms. The third kappa shape index (κ3) is 4.10. The first kappa shape index (κ1) is 20.5. The predicted molar refractivity (Wildman–Crippen MR) is 124 cm³/mol. The van der Waals surface area contributed by atoms with E-state index in [2.05, 4.69) is 5.32 Å². The topological polar surface area (TPSA) is 62.6 Å². The Labute approximate surface area is 180 Å². The molecule has 1 amide bonds. The number of nitrogens with one attached hydrogen (secondary N) is 1. The summed E-state index contributed by atoms with van der Waals surface area (Å²) in [7, 11) is 0. The van der Waals surface area contributed by atoms with Crippen molar-refractivity contribution >= 4 is 34.3 Å². The van der Waals surface area contributed by atoms with Crippen molar-refractivity contribution in [3.8, 4) is 0 Å². The summed E-state index contributed by atoms with van der Waals surface area (Å²) < 4.78 is 5.47. The molecule has 1 N–H and O–H groups in total. The number of hydrogen-bond acceptors (Lipinski definition) is 5. The Morgan fingerprint density at radius 1 is 1.07 bits per heavy atom. The maximum Gasteiger partial charge on any atom is 0.336 e. The summed E-state index contributed by atoms with van der Waals surface area (Å²) in [5.74, 6) is 2.06. The Balaban J connectivity index is 1.60. The van der Waals surface area contributed by atoms with Gasteiger partial charge in [-0.2, -0.15) is 11.8 Å². The maximum atomic E-state index is 12.9. The number of benzene rings is 2. The monoisotopic (exact) mass is 422 g/mol. The molecular formula is C24H26N2O3S. The van der Waals surface area contributed by atoms with Crippen LogP contribution < -0.4 is 10.9 Å². The second kappa shape index (κ2) is 8.56. The molecule has 5 nitrogen and oxygen atoms in total. The van der Waals surface area contributed by atoms with E-state index in [4.69, 9.17) is 4.42 Å². The van der Waals surface area contributed by atoms with Gasteiger partial charge in [0.25, 0.3) is 5.91 Å². The molecule has 0 radical (unpaired) electrons. The number of aryl methyl sites for hydroxylation is 3. The molecular weight excluding hydrogens is 396 g/mol. The zero-order valence-electron chi connectivity index (χ0n) is 17.6. The minimum absolute atomic E-state index is 0.0789. The van der Waals surface area contributed by atoms with Crippen molar-refractivity contribution in [2.45, 2.75) is 27.3 Å². The molecule has 1 saturated heterocycles. The SMILES string of the molecule is Cc1ccc(C(=O)N2CCSCC2)cc1NCc1cc(=O)oc2c(C)c(C)ccc12. The van der Waals surface area contributed by atoms with Crippen molar-refractivity contribution in [1.29, 1.82) is 0 Å². The molecule has 1 aliphatic rings. The molecule has 1 aromatic heterocycles. The largest absolute Gasteiger partial charge is 0.422 e. The van der Waals surface area contributed by atoms with Crippen molar-refractivity contribution in [3.05, 3.63) is 74.6 Å². The van der Waals surface area contributed by atoms with Gasteiger partial charge in [0, 0.05) is 53.8 Å². The van der Waals surface area contributed by atoms with Crippen LogP contribution in [0.3, 0.4) is 0 Å². The van der Waals surface area contributed by atoms with Crippen LogP contribution in [-0.4, -0.2) is 35.4 Å². The molecule has 1 aliphatic heterocycles. The second-order valence-corrected chi connectivity index (χ2v) is 8.99. The van der Waals surface area contributed by atoms with Crippen LogP contribution in [0.1, 0.15) is 32.6 Å². The molecule has 0 unspecified atom stereocenters. The van der Waals surface area contributed by atoms with Crippen molar-refractivity contribution in [2.24, 2.45) is 0 Å². The van der Waals surface area contributed by atoms with Gasteiger partial charge in [-0.1, -0.05) is 18.2 Å². The van der Waals surface area contributed by atoms with Gasteiger partial charge in [0.05, 0.1) is 0 Å². The second-order valence-electron chi connectivity index (χ2n) is 7.76. The number of nitrogens with zero attached hydrogens (tertiary/aromatic N) is 1. The number of carbonyl (C=O) groups is 1. The zero-order chi connectivity index (χ0) is 21.3. The quantitative estimate of drug-likeness (QED) is 0.627. The highest BCUT2D eigenvalue weighted by Gasteiger charge is 2.19. The van der Waals surface area contributed by atoms with Gasteiger partial charge in [-0.25, -0.2) is 4.79 Å². The van der Waals surface area contributed by atoms with Crippen LogP contribution in [0.4, 0.5) is 5.69 Å². The van der Waals surface area contributed by atoms with Gasteiger partial charge in [0.15, 0.2) is 0 Å². The number of carbonyl (C=O) groups excluding carboxylic acids is 1. The molecule has 2 heterocycles. The fraction of sp³-hybridized carbons (Fsp3) is 0.333. The maximum absolute atomic E-state index is 12.9. The molecule has 0 atom stereocenters. The van der Waals surface area contributed by atoms with E-state index in [0.29, 0.717) is 17.7 Å². The van der Waals surface area contributed by atoms with E-state index < -0.39 is 0 Å². The average molecular weight is 423 g/mol. The van der Waals surface area contributed by atoms with Gasteiger partial charge in [-0.3, -0.25) is 4.79 Å². The van der Waals surface area contributed by atoms with E-state index in [1.54, 1.807) is 6.07 Å². The number of thioether (sulfide) groups is 1. The van der Waals surface area contributed by atoms with Gasteiger partial charge in [0.2, 0.25) is 0 Å². The third-order valence-electron chi connectivity index (χ3n) is 5.77. The Bertz CT molecular complexity index is 1160. The van der Waals surface area contributed by atoms with Crippen molar-refractivity contribution in [2.75, 3.05) is 29.9 Å². The normalized spacial score (nSPS) is 14.2. The highest BCUT2D eigenvalue weighted by atomic mass is 32.2. The van der Waals surface area contributed by atoms with E-state index >= 15 is 0 Å². The van der Waals surface area contributed by atoms with Crippen LogP contribution in [0.15, 0.2) is 45.6 Å². The van der Waals surface area contributed by atoms with Crippen molar-refractivity contribution in [1.82, 2.24) is 4.90 Å². The molecule has 4 rings (SSSR count). The summed E-state index contributed by atoms with van der Waals surface area (Å²) in [5.41, 5.74) is 5.90. The molecule has 156 valence electrons. The fourth-order valence-corrected chi connectivity index (χ4v) is 4.66. The highest BCUT2D eigenvalue weighted by molar-refractivity contribution is 7.99. The number of rotatable bonds is 4. The lowest BCUT2D eigenvalue weighted by molar-refractivity contribution is 0.0772. The summed E-state index contributed by atoms with van der Waals surface area (Å²) in [6.07, 6.45) is 0. The molecule has 0 aliphatic carbocycles. The summed E-state index contributed by atoms with van der Waals surface area (Å²) in [5, 5.41) is 4.36. The lowest BCUT2D eigenvalue weighted by Gasteiger charge is -2.26. The first-order valence-corrected chi connectivity index (χ1v) is 11.3. The Morgan fingerprint density at radius 2 is 1.80 bits per heavy atom. The van der Waals surface area contributed by atoms with Crippen molar-refractivity contribution in [3.63, 3.8) is 0 Å². The van der Waals surface area contributed by atoms with Gasteiger partial charge in [0.1, 0.15) is 5.58 Å².